The van der Waals surface area contributed by atoms with Gasteiger partial charge in [-0.3, -0.25) is 15.3 Å². The van der Waals surface area contributed by atoms with E-state index in [2.05, 4.69) is 9.98 Å². The number of carboxylic acid groups (broad SMARTS) is 1. The number of nitrogens with zero attached hydrogens (tertiary/aromatic N) is 3. The summed E-state index contributed by atoms with van der Waals surface area (Å²) in [6.07, 6.45) is 1.72. The first-order chi connectivity index (χ1) is 13.4. The Labute approximate surface area is 159 Å². The fourth-order valence-electron chi connectivity index (χ4n) is 3.02. The number of carbonyl (C=O) groups is 2. The summed E-state index contributed by atoms with van der Waals surface area (Å²) in [5, 5.41) is 18.4. The number of fused-ring (bicyclic) bond motifs is 1. The van der Waals surface area contributed by atoms with E-state index in [-0.39, 0.29) is 18.1 Å². The van der Waals surface area contributed by atoms with E-state index in [9.17, 15) is 9.59 Å². The highest BCUT2D eigenvalue weighted by Gasteiger charge is 2.28. The lowest BCUT2D eigenvalue weighted by Crippen LogP contribution is -2.28. The summed E-state index contributed by atoms with van der Waals surface area (Å²) >= 11 is 0. The summed E-state index contributed by atoms with van der Waals surface area (Å²) in [6, 6.07) is 13.9. The predicted molar refractivity (Wildman–Crippen MR) is 106 cm³/mol. The van der Waals surface area contributed by atoms with Gasteiger partial charge in [-0.2, -0.15) is 4.99 Å². The second-order valence-corrected chi connectivity index (χ2v) is 6.32. The van der Waals surface area contributed by atoms with Crippen molar-refractivity contribution in [2.75, 3.05) is 11.4 Å². The maximum Gasteiger partial charge on any atom is 0.352 e. The van der Waals surface area contributed by atoms with Crippen LogP contribution in [0.25, 0.3) is 22.0 Å². The van der Waals surface area contributed by atoms with E-state index in [4.69, 9.17) is 16.2 Å². The number of aliphatic carboxylic acids is 1. The van der Waals surface area contributed by atoms with Crippen molar-refractivity contribution in [1.82, 2.24) is 4.98 Å². The molecule has 2 heterocycles. The van der Waals surface area contributed by atoms with Gasteiger partial charge in [0, 0.05) is 28.4 Å². The minimum atomic E-state index is -1.19. The number of hydrogen-bond acceptors (Lipinski definition) is 4. The van der Waals surface area contributed by atoms with Crippen molar-refractivity contribution < 1.29 is 14.7 Å². The van der Waals surface area contributed by atoms with Gasteiger partial charge in [0.15, 0.2) is 5.71 Å². The van der Waals surface area contributed by atoms with Crippen LogP contribution >= 0.6 is 0 Å². The first-order valence-corrected chi connectivity index (χ1v) is 8.39. The van der Waals surface area contributed by atoms with E-state index >= 15 is 0 Å². The monoisotopic (exact) mass is 373 g/mol. The van der Waals surface area contributed by atoms with Gasteiger partial charge in [0.1, 0.15) is 5.84 Å². The van der Waals surface area contributed by atoms with Crippen LogP contribution in [0, 0.1) is 5.41 Å². The highest BCUT2D eigenvalue weighted by atomic mass is 16.4. The number of carbonyl (C=O) groups excluding carboxylic acids is 1. The van der Waals surface area contributed by atoms with Crippen LogP contribution in [0.4, 0.5) is 10.5 Å². The zero-order valence-electron chi connectivity index (χ0n) is 14.6. The zero-order valence-corrected chi connectivity index (χ0v) is 14.6. The standard InChI is InChI=1S/C20H15N5O3/c21-18(22)13-2-1-12-8-16(23-9-14(12)7-13)11-3-5-15(6-4-11)25-10-17(19(26)27)24-20(25)28/h1-9H,10H2,(H3,21,22)(H,26,27). The summed E-state index contributed by atoms with van der Waals surface area (Å²) in [5.74, 6) is -1.19. The van der Waals surface area contributed by atoms with E-state index in [0.29, 0.717) is 11.3 Å². The smallest absolute Gasteiger partial charge is 0.352 e. The lowest BCUT2D eigenvalue weighted by Gasteiger charge is -2.14. The molecule has 3 aromatic rings. The van der Waals surface area contributed by atoms with Crippen molar-refractivity contribution >= 4 is 40.0 Å². The Morgan fingerprint density at radius 2 is 1.86 bits per heavy atom. The van der Waals surface area contributed by atoms with Crippen molar-refractivity contribution in [2.45, 2.75) is 0 Å². The number of nitrogens with two attached hydrogens (primary N) is 1. The minimum Gasteiger partial charge on any atom is -0.477 e. The van der Waals surface area contributed by atoms with Crippen LogP contribution in [0.2, 0.25) is 0 Å². The van der Waals surface area contributed by atoms with Crippen LogP contribution in [0.5, 0.6) is 0 Å². The van der Waals surface area contributed by atoms with Crippen LogP contribution in [0.3, 0.4) is 0 Å². The fourth-order valence-corrected chi connectivity index (χ4v) is 3.02. The molecular formula is C20H15N5O3. The molecule has 1 aliphatic rings. The number of rotatable bonds is 4. The Morgan fingerprint density at radius 3 is 2.50 bits per heavy atom. The molecule has 0 spiro atoms. The van der Waals surface area contributed by atoms with E-state index in [1.807, 2.05) is 30.3 Å². The van der Waals surface area contributed by atoms with E-state index in [1.165, 1.54) is 4.90 Å². The normalized spacial score (nSPS) is 13.6. The molecule has 2 aromatic carbocycles. The van der Waals surface area contributed by atoms with Crippen LogP contribution in [0.1, 0.15) is 5.56 Å². The molecule has 0 saturated carbocycles. The number of pyridine rings is 1. The van der Waals surface area contributed by atoms with Crippen LogP contribution in [-0.4, -0.2) is 40.2 Å². The molecule has 2 amide bonds. The van der Waals surface area contributed by atoms with Crippen LogP contribution < -0.4 is 10.6 Å². The molecular weight excluding hydrogens is 358 g/mol. The molecule has 0 aliphatic carbocycles. The summed E-state index contributed by atoms with van der Waals surface area (Å²) < 4.78 is 0. The second kappa shape index (κ2) is 6.58. The van der Waals surface area contributed by atoms with Gasteiger partial charge in [0.2, 0.25) is 0 Å². The number of anilines is 1. The number of amidine groups is 1. The third kappa shape index (κ3) is 3.07. The number of nitrogens with one attached hydrogen (secondary N) is 1. The lowest BCUT2D eigenvalue weighted by atomic mass is 10.0. The topological polar surface area (TPSA) is 133 Å². The quantitative estimate of drug-likeness (QED) is 0.478. The Morgan fingerprint density at radius 1 is 1.11 bits per heavy atom. The molecule has 0 unspecified atom stereocenters. The van der Waals surface area contributed by atoms with Gasteiger partial charge in [-0.05, 0) is 29.7 Å². The van der Waals surface area contributed by atoms with Crippen molar-refractivity contribution in [2.24, 2.45) is 10.7 Å². The summed E-state index contributed by atoms with van der Waals surface area (Å²) in [6.45, 7) is -0.0553. The number of urea groups is 1. The minimum absolute atomic E-state index is 0.00746. The Bertz CT molecular complexity index is 1170. The van der Waals surface area contributed by atoms with Gasteiger partial charge >= 0.3 is 12.0 Å². The third-order valence-electron chi connectivity index (χ3n) is 4.52. The van der Waals surface area contributed by atoms with Gasteiger partial charge in [0.05, 0.1) is 12.2 Å². The number of hydrogen-bond donors (Lipinski definition) is 3. The van der Waals surface area contributed by atoms with Crippen molar-refractivity contribution in [1.29, 1.82) is 5.41 Å². The summed E-state index contributed by atoms with van der Waals surface area (Å²) in [4.78, 5) is 32.2. The van der Waals surface area contributed by atoms with Gasteiger partial charge in [0.25, 0.3) is 0 Å². The van der Waals surface area contributed by atoms with E-state index in [0.717, 1.165) is 22.0 Å². The van der Waals surface area contributed by atoms with Crippen molar-refractivity contribution in [3.63, 3.8) is 0 Å². The molecule has 0 saturated heterocycles. The molecule has 8 nitrogen and oxygen atoms in total. The lowest BCUT2D eigenvalue weighted by molar-refractivity contribution is -0.129. The SMILES string of the molecule is N=C(N)c1ccc2cc(-c3ccc(N4CC(C(=O)O)=NC4=O)cc3)ncc2c1. The van der Waals surface area contributed by atoms with Gasteiger partial charge in [-0.1, -0.05) is 24.3 Å². The molecule has 0 radical (unpaired) electrons. The molecule has 0 bridgehead atoms. The van der Waals surface area contributed by atoms with Gasteiger partial charge in [-0.25, -0.2) is 9.59 Å². The maximum absolute atomic E-state index is 11.9. The maximum atomic E-state index is 11.9. The molecule has 0 atom stereocenters. The van der Waals surface area contributed by atoms with Gasteiger partial charge in [-0.15, -0.1) is 0 Å². The number of benzene rings is 2. The molecule has 1 aliphatic heterocycles. The molecule has 28 heavy (non-hydrogen) atoms. The molecule has 4 rings (SSSR count). The number of nitrogen functional groups attached to an aromatic ring is 1. The average Bonchev–Trinajstić information content (AvgIpc) is 3.09. The average molecular weight is 373 g/mol. The second-order valence-electron chi connectivity index (χ2n) is 6.32. The Hall–Kier alpha value is -4.07. The number of aliphatic imine (C=N–C) groups is 1. The fraction of sp³-hybridized carbons (Fsp3) is 0.0500. The largest absolute Gasteiger partial charge is 0.477 e. The van der Waals surface area contributed by atoms with Crippen LogP contribution in [-0.2, 0) is 4.79 Å². The number of aromatic nitrogens is 1. The van der Waals surface area contributed by atoms with E-state index < -0.39 is 12.0 Å². The molecule has 0 fully saturated rings. The zero-order chi connectivity index (χ0) is 19.8. The first-order valence-electron chi connectivity index (χ1n) is 8.39. The Kier molecular flexibility index (Phi) is 4.08. The van der Waals surface area contributed by atoms with Crippen molar-refractivity contribution in [3.8, 4) is 11.3 Å². The van der Waals surface area contributed by atoms with Crippen molar-refractivity contribution in [3.05, 3.63) is 60.3 Å². The highest BCUT2D eigenvalue weighted by Crippen LogP contribution is 2.26. The predicted octanol–water partition coefficient (Wildman–Crippen LogP) is 2.65. The molecule has 1 aromatic heterocycles. The molecule has 8 heteroatoms. The number of amides is 2. The molecule has 138 valence electrons. The summed E-state index contributed by atoms with van der Waals surface area (Å²) in [7, 11) is 0. The van der Waals surface area contributed by atoms with Crippen LogP contribution in [0.15, 0.2) is 59.7 Å². The van der Waals surface area contributed by atoms with Gasteiger partial charge < -0.3 is 10.8 Å². The highest BCUT2D eigenvalue weighted by molar-refractivity contribution is 6.41. The third-order valence-corrected chi connectivity index (χ3v) is 4.52. The first kappa shape index (κ1) is 17.3. The number of carboxylic acids is 1. The summed E-state index contributed by atoms with van der Waals surface area (Å²) in [5.41, 5.74) is 8.17. The Balaban J connectivity index is 1.60. The molecule has 4 N–H and O–H groups in total. The van der Waals surface area contributed by atoms with E-state index in [1.54, 1.807) is 24.4 Å².